The van der Waals surface area contributed by atoms with Crippen LogP contribution in [0.1, 0.15) is 31.2 Å². The summed E-state index contributed by atoms with van der Waals surface area (Å²) in [6.07, 6.45) is 9.02. The highest BCUT2D eigenvalue weighted by Crippen LogP contribution is 2.24. The average molecular weight is 218 g/mol. The molecule has 1 aromatic rings. The Kier molecular flexibility index (Phi) is 3.91. The van der Waals surface area contributed by atoms with E-state index in [1.54, 1.807) is 12.4 Å². The van der Waals surface area contributed by atoms with Crippen molar-refractivity contribution >= 4 is 5.91 Å². The predicted octanol–water partition coefficient (Wildman–Crippen LogP) is 1.93. The topological polar surface area (TPSA) is 42.0 Å². The number of hydrogen-bond donors (Lipinski definition) is 1. The molecule has 1 fully saturated rings. The van der Waals surface area contributed by atoms with E-state index in [0.29, 0.717) is 0 Å². The molecule has 86 valence electrons. The molecule has 16 heavy (non-hydrogen) atoms. The summed E-state index contributed by atoms with van der Waals surface area (Å²) in [5.74, 6) is 0.518. The van der Waals surface area contributed by atoms with E-state index in [9.17, 15) is 4.79 Å². The summed E-state index contributed by atoms with van der Waals surface area (Å²) in [6.45, 7) is 0.735. The summed E-state index contributed by atoms with van der Waals surface area (Å²) in [5.41, 5.74) is 1.22. The molecule has 0 unspecified atom stereocenters. The van der Waals surface area contributed by atoms with Crippen LogP contribution >= 0.6 is 0 Å². The summed E-state index contributed by atoms with van der Waals surface area (Å²) >= 11 is 0. The molecule has 0 aromatic carbocycles. The lowest BCUT2D eigenvalue weighted by molar-refractivity contribution is -0.124. The molecule has 0 bridgehead atoms. The van der Waals surface area contributed by atoms with Gasteiger partial charge in [-0.3, -0.25) is 9.78 Å². The van der Waals surface area contributed by atoms with Gasteiger partial charge >= 0.3 is 0 Å². The molecular weight excluding hydrogens is 200 g/mol. The van der Waals surface area contributed by atoms with Crippen LogP contribution < -0.4 is 5.32 Å². The van der Waals surface area contributed by atoms with Crippen LogP contribution in [-0.2, 0) is 11.2 Å². The van der Waals surface area contributed by atoms with Gasteiger partial charge in [0.1, 0.15) is 0 Å². The van der Waals surface area contributed by atoms with Crippen LogP contribution in [0.2, 0.25) is 0 Å². The molecular formula is C13H18N2O. The van der Waals surface area contributed by atoms with Gasteiger partial charge in [-0.25, -0.2) is 0 Å². The summed E-state index contributed by atoms with van der Waals surface area (Å²) in [5, 5.41) is 3.01. The summed E-state index contributed by atoms with van der Waals surface area (Å²) in [6, 6.07) is 3.98. The third-order valence-electron chi connectivity index (χ3n) is 3.19. The number of carbonyl (C=O) groups is 1. The summed E-state index contributed by atoms with van der Waals surface area (Å²) < 4.78 is 0. The Hall–Kier alpha value is -1.38. The van der Waals surface area contributed by atoms with Crippen LogP contribution in [0.3, 0.4) is 0 Å². The largest absolute Gasteiger partial charge is 0.356 e. The van der Waals surface area contributed by atoms with E-state index in [1.807, 2.05) is 12.1 Å². The van der Waals surface area contributed by atoms with Crippen LogP contribution in [0.4, 0.5) is 0 Å². The molecule has 1 aromatic heterocycles. The maximum atomic E-state index is 11.7. The van der Waals surface area contributed by atoms with E-state index in [0.717, 1.165) is 25.8 Å². The van der Waals surface area contributed by atoms with Crippen molar-refractivity contribution in [1.82, 2.24) is 10.3 Å². The number of hydrogen-bond acceptors (Lipinski definition) is 2. The standard InChI is InChI=1S/C13H18N2O/c16-13(12-3-1-2-4-12)15-10-7-11-5-8-14-9-6-11/h5-6,8-9,12H,1-4,7,10H2,(H,15,16). The molecule has 0 atom stereocenters. The van der Waals surface area contributed by atoms with Crippen molar-refractivity contribution in [2.45, 2.75) is 32.1 Å². The second-order valence-electron chi connectivity index (χ2n) is 4.38. The van der Waals surface area contributed by atoms with E-state index in [4.69, 9.17) is 0 Å². The first kappa shape index (κ1) is 11.1. The van der Waals surface area contributed by atoms with Crippen molar-refractivity contribution < 1.29 is 4.79 Å². The molecule has 1 heterocycles. The van der Waals surface area contributed by atoms with E-state index in [2.05, 4.69) is 10.3 Å². The second-order valence-corrected chi connectivity index (χ2v) is 4.38. The van der Waals surface area contributed by atoms with Gasteiger partial charge in [-0.1, -0.05) is 12.8 Å². The van der Waals surface area contributed by atoms with Crippen LogP contribution in [-0.4, -0.2) is 17.4 Å². The first-order chi connectivity index (χ1) is 7.86. The minimum absolute atomic E-state index is 0.242. The Bertz CT molecular complexity index is 331. The summed E-state index contributed by atoms with van der Waals surface area (Å²) in [4.78, 5) is 15.7. The van der Waals surface area contributed by atoms with Gasteiger partial charge in [0.05, 0.1) is 0 Å². The first-order valence-corrected chi connectivity index (χ1v) is 6.03. The van der Waals surface area contributed by atoms with Gasteiger partial charge in [0.2, 0.25) is 5.91 Å². The number of nitrogens with zero attached hydrogens (tertiary/aromatic N) is 1. The van der Waals surface area contributed by atoms with Crippen LogP contribution in [0, 0.1) is 5.92 Å². The molecule has 1 N–H and O–H groups in total. The Morgan fingerprint density at radius 2 is 2.00 bits per heavy atom. The Morgan fingerprint density at radius 3 is 2.69 bits per heavy atom. The van der Waals surface area contributed by atoms with Gasteiger partial charge in [-0.2, -0.15) is 0 Å². The van der Waals surface area contributed by atoms with Crippen LogP contribution in [0.15, 0.2) is 24.5 Å². The molecule has 0 radical (unpaired) electrons. The summed E-state index contributed by atoms with van der Waals surface area (Å²) in [7, 11) is 0. The van der Waals surface area contributed by atoms with Crippen molar-refractivity contribution in [2.24, 2.45) is 5.92 Å². The molecule has 1 aliphatic carbocycles. The lowest BCUT2D eigenvalue weighted by Gasteiger charge is -2.09. The van der Waals surface area contributed by atoms with Crippen LogP contribution in [0.25, 0.3) is 0 Å². The van der Waals surface area contributed by atoms with Crippen molar-refractivity contribution in [3.63, 3.8) is 0 Å². The molecule has 1 amide bonds. The minimum atomic E-state index is 0.242. The molecule has 1 saturated carbocycles. The van der Waals surface area contributed by atoms with Crippen molar-refractivity contribution in [1.29, 1.82) is 0 Å². The lowest BCUT2D eigenvalue weighted by Crippen LogP contribution is -2.30. The number of carbonyl (C=O) groups excluding carboxylic acids is 1. The van der Waals surface area contributed by atoms with E-state index in [1.165, 1.54) is 18.4 Å². The van der Waals surface area contributed by atoms with Gasteiger partial charge in [0, 0.05) is 24.9 Å². The monoisotopic (exact) mass is 218 g/mol. The Morgan fingerprint density at radius 1 is 1.31 bits per heavy atom. The third kappa shape index (κ3) is 3.05. The smallest absolute Gasteiger partial charge is 0.223 e. The van der Waals surface area contributed by atoms with Gasteiger partial charge < -0.3 is 5.32 Å². The van der Waals surface area contributed by atoms with Gasteiger partial charge in [0.25, 0.3) is 0 Å². The van der Waals surface area contributed by atoms with E-state index < -0.39 is 0 Å². The van der Waals surface area contributed by atoms with Crippen LogP contribution in [0.5, 0.6) is 0 Å². The SMILES string of the molecule is O=C(NCCc1ccncc1)C1CCCC1. The van der Waals surface area contributed by atoms with Crippen molar-refractivity contribution in [3.05, 3.63) is 30.1 Å². The molecule has 2 rings (SSSR count). The van der Waals surface area contributed by atoms with Gasteiger partial charge in [-0.15, -0.1) is 0 Å². The number of pyridine rings is 1. The molecule has 3 nitrogen and oxygen atoms in total. The first-order valence-electron chi connectivity index (χ1n) is 6.03. The van der Waals surface area contributed by atoms with Crippen molar-refractivity contribution in [2.75, 3.05) is 6.54 Å². The molecule has 0 spiro atoms. The molecule has 1 aliphatic rings. The van der Waals surface area contributed by atoms with E-state index >= 15 is 0 Å². The van der Waals surface area contributed by atoms with Gasteiger partial charge in [-0.05, 0) is 37.0 Å². The Balaban J connectivity index is 1.70. The number of amides is 1. The molecule has 3 heteroatoms. The Labute approximate surface area is 96.3 Å². The molecule has 0 saturated heterocycles. The van der Waals surface area contributed by atoms with Gasteiger partial charge in [0.15, 0.2) is 0 Å². The highest BCUT2D eigenvalue weighted by molar-refractivity contribution is 5.78. The third-order valence-corrected chi connectivity index (χ3v) is 3.19. The highest BCUT2D eigenvalue weighted by Gasteiger charge is 2.21. The zero-order valence-electron chi connectivity index (χ0n) is 9.48. The number of nitrogens with one attached hydrogen (secondary N) is 1. The fraction of sp³-hybridized carbons (Fsp3) is 0.538. The fourth-order valence-electron chi connectivity index (χ4n) is 2.21. The molecule has 0 aliphatic heterocycles. The highest BCUT2D eigenvalue weighted by atomic mass is 16.1. The zero-order valence-corrected chi connectivity index (χ0v) is 9.48. The second kappa shape index (κ2) is 5.64. The van der Waals surface area contributed by atoms with E-state index in [-0.39, 0.29) is 11.8 Å². The maximum Gasteiger partial charge on any atom is 0.223 e. The number of aromatic nitrogens is 1. The minimum Gasteiger partial charge on any atom is -0.356 e. The quantitative estimate of drug-likeness (QED) is 0.839. The predicted molar refractivity (Wildman–Crippen MR) is 62.9 cm³/mol. The fourth-order valence-corrected chi connectivity index (χ4v) is 2.21. The lowest BCUT2D eigenvalue weighted by atomic mass is 10.1. The number of rotatable bonds is 4. The van der Waals surface area contributed by atoms with Crippen molar-refractivity contribution in [3.8, 4) is 0 Å². The normalized spacial score (nSPS) is 16.2. The maximum absolute atomic E-state index is 11.7. The zero-order chi connectivity index (χ0) is 11.2. The average Bonchev–Trinajstić information content (AvgIpc) is 2.84.